The van der Waals surface area contributed by atoms with Crippen LogP contribution in [0.5, 0.6) is 0 Å². The number of carboxylic acids is 1. The number of ether oxygens (including phenoxy) is 1. The Morgan fingerprint density at radius 3 is 2.67 bits per heavy atom. The molecule has 0 aliphatic rings. The van der Waals surface area contributed by atoms with Crippen molar-refractivity contribution in [2.24, 2.45) is 0 Å². The fraction of sp³-hybridized carbons (Fsp3) is 0.364. The highest BCUT2D eigenvalue weighted by molar-refractivity contribution is 7.99. The van der Waals surface area contributed by atoms with Gasteiger partial charge in [0, 0.05) is 10.6 Å². The summed E-state index contributed by atoms with van der Waals surface area (Å²) in [4.78, 5) is 11.3. The average molecular weight is 226 g/mol. The molecule has 0 atom stereocenters. The first-order valence-corrected chi connectivity index (χ1v) is 5.66. The van der Waals surface area contributed by atoms with Crippen molar-refractivity contribution in [2.45, 2.75) is 11.8 Å². The van der Waals surface area contributed by atoms with Gasteiger partial charge >= 0.3 is 5.97 Å². The van der Waals surface area contributed by atoms with Crippen molar-refractivity contribution in [3.8, 4) is 0 Å². The Morgan fingerprint density at radius 1 is 1.40 bits per heavy atom. The first kappa shape index (κ1) is 12.1. The van der Waals surface area contributed by atoms with Gasteiger partial charge in [-0.25, -0.2) is 4.79 Å². The first-order chi connectivity index (χ1) is 7.18. The van der Waals surface area contributed by atoms with Gasteiger partial charge in [0.15, 0.2) is 0 Å². The lowest BCUT2D eigenvalue weighted by Gasteiger charge is -2.02. The molecule has 0 aromatic heterocycles. The molecule has 1 aromatic rings. The lowest BCUT2D eigenvalue weighted by molar-refractivity contribution is -0.141. The Labute approximate surface area is 93.4 Å². The monoisotopic (exact) mass is 226 g/mol. The lowest BCUT2D eigenvalue weighted by Crippen LogP contribution is -2.08. The molecule has 0 aliphatic heterocycles. The maximum absolute atomic E-state index is 10.1. The smallest absolute Gasteiger partial charge is 0.329 e. The Kier molecular flexibility index (Phi) is 5.21. The predicted molar refractivity (Wildman–Crippen MR) is 60.4 cm³/mol. The van der Waals surface area contributed by atoms with Gasteiger partial charge < -0.3 is 9.84 Å². The van der Waals surface area contributed by atoms with Crippen LogP contribution in [0.3, 0.4) is 0 Å². The predicted octanol–water partition coefficient (Wildman–Crippen LogP) is 2.19. The zero-order valence-corrected chi connectivity index (χ0v) is 9.42. The Morgan fingerprint density at radius 2 is 2.07 bits per heavy atom. The van der Waals surface area contributed by atoms with E-state index in [1.807, 2.05) is 6.92 Å². The highest BCUT2D eigenvalue weighted by Gasteiger charge is 1.97. The summed E-state index contributed by atoms with van der Waals surface area (Å²) < 4.78 is 4.92. The summed E-state index contributed by atoms with van der Waals surface area (Å²) >= 11 is 1.66. The number of aliphatic carboxylic acids is 1. The molecule has 0 spiro atoms. The van der Waals surface area contributed by atoms with Crippen molar-refractivity contribution in [3.05, 3.63) is 29.8 Å². The number of carbonyl (C=O) groups is 1. The molecule has 0 unspecified atom stereocenters. The minimum absolute atomic E-state index is 0.214. The number of hydrogen-bond acceptors (Lipinski definition) is 3. The fourth-order valence-electron chi connectivity index (χ4n) is 1.01. The highest BCUT2D eigenvalue weighted by atomic mass is 32.2. The molecule has 0 bridgehead atoms. The van der Waals surface area contributed by atoms with E-state index in [1.54, 1.807) is 11.8 Å². The van der Waals surface area contributed by atoms with Crippen LogP contribution < -0.4 is 0 Å². The zero-order valence-electron chi connectivity index (χ0n) is 8.60. The standard InChI is InChI=1S/C11H14O3S/c1-9-2-4-10(5-3-9)15-7-6-14-8-11(12)13/h2-5H,6-8H2,1H3,(H,12,13). The third-order valence-corrected chi connectivity index (χ3v) is 2.72. The molecule has 0 heterocycles. The molecule has 0 fully saturated rings. The third-order valence-electron chi connectivity index (χ3n) is 1.74. The number of hydrogen-bond donors (Lipinski definition) is 1. The van der Waals surface area contributed by atoms with Crippen LogP contribution in [0.15, 0.2) is 29.2 Å². The molecule has 0 amide bonds. The quantitative estimate of drug-likeness (QED) is 0.596. The Balaban J connectivity index is 2.15. The summed E-state index contributed by atoms with van der Waals surface area (Å²) in [5.74, 6) is -0.147. The summed E-state index contributed by atoms with van der Waals surface area (Å²) in [7, 11) is 0. The van der Waals surface area contributed by atoms with E-state index >= 15 is 0 Å². The van der Waals surface area contributed by atoms with Gasteiger partial charge in [0.05, 0.1) is 6.61 Å². The van der Waals surface area contributed by atoms with E-state index in [-0.39, 0.29) is 6.61 Å². The van der Waals surface area contributed by atoms with E-state index in [0.29, 0.717) is 6.61 Å². The topological polar surface area (TPSA) is 46.5 Å². The van der Waals surface area contributed by atoms with Gasteiger partial charge in [-0.1, -0.05) is 17.7 Å². The maximum Gasteiger partial charge on any atom is 0.329 e. The normalized spacial score (nSPS) is 10.2. The summed E-state index contributed by atoms with van der Waals surface area (Å²) in [5.41, 5.74) is 1.24. The van der Waals surface area contributed by atoms with Crippen LogP contribution in [0.1, 0.15) is 5.56 Å². The number of aryl methyl sites for hydroxylation is 1. The number of carboxylic acid groups (broad SMARTS) is 1. The van der Waals surface area contributed by atoms with Crippen molar-refractivity contribution in [1.82, 2.24) is 0 Å². The molecule has 82 valence electrons. The second-order valence-electron chi connectivity index (χ2n) is 3.11. The minimum Gasteiger partial charge on any atom is -0.480 e. The van der Waals surface area contributed by atoms with Crippen LogP contribution in [0.2, 0.25) is 0 Å². The van der Waals surface area contributed by atoms with E-state index in [1.165, 1.54) is 10.5 Å². The van der Waals surface area contributed by atoms with Crippen LogP contribution in [0.4, 0.5) is 0 Å². The van der Waals surface area contributed by atoms with Gasteiger partial charge in [-0.3, -0.25) is 0 Å². The molecule has 0 aliphatic carbocycles. The van der Waals surface area contributed by atoms with E-state index in [9.17, 15) is 4.79 Å². The van der Waals surface area contributed by atoms with Gasteiger partial charge in [-0.2, -0.15) is 0 Å². The minimum atomic E-state index is -0.921. The van der Waals surface area contributed by atoms with Gasteiger partial charge in [-0.15, -0.1) is 11.8 Å². The summed E-state index contributed by atoms with van der Waals surface area (Å²) in [6.07, 6.45) is 0. The highest BCUT2D eigenvalue weighted by Crippen LogP contribution is 2.17. The number of thioether (sulfide) groups is 1. The molecule has 1 N–H and O–H groups in total. The van der Waals surface area contributed by atoms with E-state index < -0.39 is 5.97 Å². The summed E-state index contributed by atoms with van der Waals surface area (Å²) in [6, 6.07) is 8.22. The number of rotatable bonds is 6. The summed E-state index contributed by atoms with van der Waals surface area (Å²) in [5, 5.41) is 8.33. The SMILES string of the molecule is Cc1ccc(SCCOCC(=O)O)cc1. The molecular formula is C11H14O3S. The van der Waals surface area contributed by atoms with Gasteiger partial charge in [-0.05, 0) is 19.1 Å². The average Bonchev–Trinajstić information content (AvgIpc) is 2.20. The molecule has 0 saturated heterocycles. The van der Waals surface area contributed by atoms with Crippen LogP contribution in [0.25, 0.3) is 0 Å². The molecule has 0 radical (unpaired) electrons. The van der Waals surface area contributed by atoms with Crippen molar-refractivity contribution in [3.63, 3.8) is 0 Å². The van der Waals surface area contributed by atoms with Crippen molar-refractivity contribution < 1.29 is 14.6 Å². The lowest BCUT2D eigenvalue weighted by atomic mass is 10.2. The van der Waals surface area contributed by atoms with Gasteiger partial charge in [0.1, 0.15) is 6.61 Å². The largest absolute Gasteiger partial charge is 0.480 e. The number of benzene rings is 1. The molecule has 15 heavy (non-hydrogen) atoms. The molecule has 0 saturated carbocycles. The van der Waals surface area contributed by atoms with Crippen LogP contribution in [0, 0.1) is 6.92 Å². The van der Waals surface area contributed by atoms with E-state index in [2.05, 4.69) is 24.3 Å². The van der Waals surface area contributed by atoms with E-state index in [4.69, 9.17) is 9.84 Å². The van der Waals surface area contributed by atoms with Crippen LogP contribution in [-0.4, -0.2) is 30.0 Å². The van der Waals surface area contributed by atoms with Crippen molar-refractivity contribution in [1.29, 1.82) is 0 Å². The first-order valence-electron chi connectivity index (χ1n) is 4.67. The van der Waals surface area contributed by atoms with Gasteiger partial charge in [0.2, 0.25) is 0 Å². The van der Waals surface area contributed by atoms with Crippen molar-refractivity contribution in [2.75, 3.05) is 19.0 Å². The second-order valence-corrected chi connectivity index (χ2v) is 4.28. The van der Waals surface area contributed by atoms with Crippen LogP contribution >= 0.6 is 11.8 Å². The Bertz CT molecular complexity index is 308. The Hall–Kier alpha value is -1.00. The maximum atomic E-state index is 10.1. The van der Waals surface area contributed by atoms with Gasteiger partial charge in [0.25, 0.3) is 0 Å². The molecule has 1 rings (SSSR count). The second kappa shape index (κ2) is 6.48. The van der Waals surface area contributed by atoms with Crippen molar-refractivity contribution >= 4 is 17.7 Å². The third kappa shape index (κ3) is 5.44. The molecular weight excluding hydrogens is 212 g/mol. The summed E-state index contributed by atoms with van der Waals surface area (Å²) in [6.45, 7) is 2.30. The zero-order chi connectivity index (χ0) is 11.1. The molecule has 1 aromatic carbocycles. The van der Waals surface area contributed by atoms with Crippen LogP contribution in [-0.2, 0) is 9.53 Å². The van der Waals surface area contributed by atoms with E-state index in [0.717, 1.165) is 5.75 Å². The molecule has 4 heteroatoms. The fourth-order valence-corrected chi connectivity index (χ4v) is 1.78. The molecule has 3 nitrogen and oxygen atoms in total.